The zero-order valence-electron chi connectivity index (χ0n) is 14.5. The van der Waals surface area contributed by atoms with E-state index in [1.165, 1.54) is 25.7 Å². The van der Waals surface area contributed by atoms with Gasteiger partial charge in [-0.3, -0.25) is 4.79 Å². The number of aryl methyl sites for hydroxylation is 1. The van der Waals surface area contributed by atoms with E-state index in [1.54, 1.807) is 7.11 Å². The monoisotopic (exact) mass is 327 g/mol. The molecule has 1 saturated heterocycles. The summed E-state index contributed by atoms with van der Waals surface area (Å²) < 4.78 is 11.2. The molecule has 128 valence electrons. The lowest BCUT2D eigenvalue weighted by Gasteiger charge is -2.43. The number of piperidine rings is 1. The predicted octanol–water partition coefficient (Wildman–Crippen LogP) is 4.54. The SMILES string of the molecule is COc1ccc2oc(C(=O)N3CCC[C@@H]4CCCC[C@@H]43)c(C)c2c1. The van der Waals surface area contributed by atoms with Gasteiger partial charge in [0.1, 0.15) is 11.3 Å². The summed E-state index contributed by atoms with van der Waals surface area (Å²) in [6.45, 7) is 2.83. The maximum absolute atomic E-state index is 13.2. The highest BCUT2D eigenvalue weighted by atomic mass is 16.5. The number of hydrogen-bond acceptors (Lipinski definition) is 3. The molecule has 0 radical (unpaired) electrons. The maximum Gasteiger partial charge on any atom is 0.290 e. The molecule has 4 nitrogen and oxygen atoms in total. The number of methoxy groups -OCH3 is 1. The Bertz CT molecular complexity index is 762. The van der Waals surface area contributed by atoms with Crippen LogP contribution in [0, 0.1) is 12.8 Å². The van der Waals surface area contributed by atoms with Crippen LogP contribution in [-0.2, 0) is 0 Å². The Balaban J connectivity index is 1.68. The molecule has 2 aliphatic rings. The summed E-state index contributed by atoms with van der Waals surface area (Å²) in [5.41, 5.74) is 1.68. The summed E-state index contributed by atoms with van der Waals surface area (Å²) in [5.74, 6) is 2.04. The van der Waals surface area contributed by atoms with Crippen molar-refractivity contribution in [3.05, 3.63) is 29.5 Å². The third kappa shape index (κ3) is 2.48. The van der Waals surface area contributed by atoms with Crippen molar-refractivity contribution < 1.29 is 13.9 Å². The van der Waals surface area contributed by atoms with E-state index in [2.05, 4.69) is 4.90 Å². The fourth-order valence-corrected chi connectivity index (χ4v) is 4.54. The van der Waals surface area contributed by atoms with Crippen molar-refractivity contribution in [3.63, 3.8) is 0 Å². The van der Waals surface area contributed by atoms with Crippen molar-refractivity contribution in [1.82, 2.24) is 4.90 Å². The first kappa shape index (κ1) is 15.6. The molecule has 0 bridgehead atoms. The normalized spacial score (nSPS) is 24.0. The number of amides is 1. The van der Waals surface area contributed by atoms with Crippen LogP contribution in [0.15, 0.2) is 22.6 Å². The van der Waals surface area contributed by atoms with E-state index in [0.717, 1.165) is 41.7 Å². The van der Waals surface area contributed by atoms with E-state index in [0.29, 0.717) is 17.7 Å². The fraction of sp³-hybridized carbons (Fsp3) is 0.550. The topological polar surface area (TPSA) is 42.7 Å². The average Bonchev–Trinajstić information content (AvgIpc) is 2.96. The van der Waals surface area contributed by atoms with Crippen molar-refractivity contribution >= 4 is 16.9 Å². The van der Waals surface area contributed by atoms with Crippen LogP contribution >= 0.6 is 0 Å². The molecule has 2 atom stereocenters. The Morgan fingerprint density at radius 3 is 2.83 bits per heavy atom. The summed E-state index contributed by atoms with van der Waals surface area (Å²) in [6.07, 6.45) is 7.34. The predicted molar refractivity (Wildman–Crippen MR) is 93.5 cm³/mol. The van der Waals surface area contributed by atoms with Gasteiger partial charge in [0.05, 0.1) is 7.11 Å². The van der Waals surface area contributed by atoms with Crippen LogP contribution in [0.4, 0.5) is 0 Å². The van der Waals surface area contributed by atoms with Crippen LogP contribution in [0.3, 0.4) is 0 Å². The number of benzene rings is 1. The minimum Gasteiger partial charge on any atom is -0.497 e. The zero-order chi connectivity index (χ0) is 16.7. The van der Waals surface area contributed by atoms with Crippen LogP contribution < -0.4 is 4.74 Å². The van der Waals surface area contributed by atoms with Crippen molar-refractivity contribution in [2.24, 2.45) is 5.92 Å². The molecule has 1 aliphatic heterocycles. The summed E-state index contributed by atoms with van der Waals surface area (Å²) in [7, 11) is 1.65. The third-order valence-electron chi connectivity index (χ3n) is 5.84. The van der Waals surface area contributed by atoms with Gasteiger partial charge in [-0.25, -0.2) is 0 Å². The fourth-order valence-electron chi connectivity index (χ4n) is 4.54. The van der Waals surface area contributed by atoms with E-state index in [9.17, 15) is 4.79 Å². The molecule has 4 rings (SSSR count). The van der Waals surface area contributed by atoms with Gasteiger partial charge >= 0.3 is 0 Å². The molecule has 2 aromatic rings. The largest absolute Gasteiger partial charge is 0.497 e. The second-order valence-corrected chi connectivity index (χ2v) is 7.17. The Kier molecular flexibility index (Phi) is 3.99. The molecule has 1 aromatic carbocycles. The molecule has 0 spiro atoms. The molecule has 24 heavy (non-hydrogen) atoms. The van der Waals surface area contributed by atoms with Gasteiger partial charge in [0, 0.05) is 23.5 Å². The minimum absolute atomic E-state index is 0.0688. The number of furan rings is 1. The first-order chi connectivity index (χ1) is 11.7. The highest BCUT2D eigenvalue weighted by Crippen LogP contribution is 2.37. The number of ether oxygens (including phenoxy) is 1. The molecule has 0 unspecified atom stereocenters. The van der Waals surface area contributed by atoms with Gasteiger partial charge in [-0.05, 0) is 56.7 Å². The van der Waals surface area contributed by atoms with Crippen molar-refractivity contribution in [1.29, 1.82) is 0 Å². The van der Waals surface area contributed by atoms with Crippen LogP contribution in [0.2, 0.25) is 0 Å². The lowest BCUT2D eigenvalue weighted by Crippen LogP contribution is -2.49. The smallest absolute Gasteiger partial charge is 0.290 e. The molecular weight excluding hydrogens is 302 g/mol. The number of fused-ring (bicyclic) bond motifs is 2. The highest BCUT2D eigenvalue weighted by molar-refractivity contribution is 5.99. The second kappa shape index (κ2) is 6.15. The molecular formula is C20H25NO3. The average molecular weight is 327 g/mol. The molecule has 4 heteroatoms. The lowest BCUT2D eigenvalue weighted by atomic mass is 9.78. The molecule has 0 N–H and O–H groups in total. The summed E-state index contributed by atoms with van der Waals surface area (Å²) in [4.78, 5) is 15.3. The first-order valence-electron chi connectivity index (χ1n) is 9.07. The Morgan fingerprint density at radius 2 is 2.00 bits per heavy atom. The van der Waals surface area contributed by atoms with Crippen molar-refractivity contribution in [2.45, 2.75) is 51.5 Å². The summed E-state index contributed by atoms with van der Waals surface area (Å²) in [6, 6.07) is 6.11. The molecule has 1 amide bonds. The molecule has 2 fully saturated rings. The standard InChI is InChI=1S/C20H25NO3/c1-13-16-12-15(23-2)9-10-18(16)24-19(13)20(22)21-11-5-7-14-6-3-4-8-17(14)21/h9-10,12,14,17H,3-8,11H2,1-2H3/t14-,17-/m0/s1. The molecule has 1 aliphatic carbocycles. The van der Waals surface area contributed by atoms with Crippen molar-refractivity contribution in [2.75, 3.05) is 13.7 Å². The lowest BCUT2D eigenvalue weighted by molar-refractivity contribution is 0.0363. The molecule has 1 aromatic heterocycles. The second-order valence-electron chi connectivity index (χ2n) is 7.17. The summed E-state index contributed by atoms with van der Waals surface area (Å²) in [5, 5.41) is 0.968. The van der Waals surface area contributed by atoms with Gasteiger partial charge < -0.3 is 14.1 Å². The van der Waals surface area contributed by atoms with E-state index in [4.69, 9.17) is 9.15 Å². The molecule has 2 heterocycles. The molecule has 1 saturated carbocycles. The number of carbonyl (C=O) groups is 1. The van der Waals surface area contributed by atoms with Gasteiger partial charge in [-0.1, -0.05) is 12.8 Å². The number of likely N-dealkylation sites (tertiary alicyclic amines) is 1. The van der Waals surface area contributed by atoms with Crippen LogP contribution in [0.5, 0.6) is 5.75 Å². The first-order valence-corrected chi connectivity index (χ1v) is 9.07. The maximum atomic E-state index is 13.2. The van der Waals surface area contributed by atoms with Gasteiger partial charge in [-0.15, -0.1) is 0 Å². The Hall–Kier alpha value is -1.97. The Labute approximate surface area is 142 Å². The van der Waals surface area contributed by atoms with Crippen LogP contribution in [0.1, 0.15) is 54.6 Å². The van der Waals surface area contributed by atoms with Gasteiger partial charge in [0.2, 0.25) is 0 Å². The van der Waals surface area contributed by atoms with Gasteiger partial charge in [0.25, 0.3) is 5.91 Å². The highest BCUT2D eigenvalue weighted by Gasteiger charge is 2.37. The number of rotatable bonds is 2. The van der Waals surface area contributed by atoms with Crippen LogP contribution in [-0.4, -0.2) is 30.5 Å². The van der Waals surface area contributed by atoms with Crippen molar-refractivity contribution in [3.8, 4) is 5.75 Å². The van der Waals surface area contributed by atoms with Crippen LogP contribution in [0.25, 0.3) is 11.0 Å². The summed E-state index contributed by atoms with van der Waals surface area (Å²) >= 11 is 0. The minimum atomic E-state index is 0.0688. The zero-order valence-corrected chi connectivity index (χ0v) is 14.5. The van der Waals surface area contributed by atoms with E-state index in [-0.39, 0.29) is 5.91 Å². The number of hydrogen-bond donors (Lipinski definition) is 0. The van der Waals surface area contributed by atoms with E-state index >= 15 is 0 Å². The van der Waals surface area contributed by atoms with E-state index < -0.39 is 0 Å². The number of nitrogens with zero attached hydrogens (tertiary/aromatic N) is 1. The van der Waals surface area contributed by atoms with Gasteiger partial charge in [0.15, 0.2) is 5.76 Å². The Morgan fingerprint density at radius 1 is 1.21 bits per heavy atom. The van der Waals surface area contributed by atoms with Gasteiger partial charge in [-0.2, -0.15) is 0 Å². The number of carbonyl (C=O) groups excluding carboxylic acids is 1. The third-order valence-corrected chi connectivity index (χ3v) is 5.84. The quantitative estimate of drug-likeness (QED) is 0.813. The van der Waals surface area contributed by atoms with E-state index in [1.807, 2.05) is 25.1 Å².